The minimum atomic E-state index is -0.538. The highest BCUT2D eigenvalue weighted by Gasteiger charge is 2.06. The Bertz CT molecular complexity index is 555. The van der Waals surface area contributed by atoms with E-state index in [9.17, 15) is 8.78 Å². The van der Waals surface area contributed by atoms with E-state index in [2.05, 4.69) is 10.3 Å². The third-order valence-electron chi connectivity index (χ3n) is 2.28. The van der Waals surface area contributed by atoms with Crippen LogP contribution in [-0.4, -0.2) is 4.98 Å². The lowest BCUT2D eigenvalue weighted by molar-refractivity contribution is 0.603. The van der Waals surface area contributed by atoms with Gasteiger partial charge in [-0.05, 0) is 30.7 Å². The van der Waals surface area contributed by atoms with Gasteiger partial charge < -0.3 is 11.1 Å². The summed E-state index contributed by atoms with van der Waals surface area (Å²) in [6.45, 7) is 1.78. The quantitative estimate of drug-likeness (QED) is 0.841. The highest BCUT2D eigenvalue weighted by Crippen LogP contribution is 2.22. The highest BCUT2D eigenvalue weighted by molar-refractivity contribution is 5.61. The van der Waals surface area contributed by atoms with Crippen molar-refractivity contribution in [1.82, 2.24) is 4.98 Å². The molecule has 0 aliphatic rings. The maximum Gasteiger partial charge on any atom is 0.146 e. The second kappa shape index (κ2) is 4.37. The summed E-state index contributed by atoms with van der Waals surface area (Å²) in [4.78, 5) is 4.02. The van der Waals surface area contributed by atoms with E-state index in [0.29, 0.717) is 11.5 Å². The predicted molar refractivity (Wildman–Crippen MR) is 63.0 cm³/mol. The van der Waals surface area contributed by atoms with Gasteiger partial charge in [-0.2, -0.15) is 0 Å². The Morgan fingerprint density at radius 1 is 1.24 bits per heavy atom. The number of halogens is 2. The van der Waals surface area contributed by atoms with E-state index < -0.39 is 11.6 Å². The summed E-state index contributed by atoms with van der Waals surface area (Å²) in [5.41, 5.74) is 6.88. The number of nitrogen functional groups attached to an aromatic ring is 1. The summed E-state index contributed by atoms with van der Waals surface area (Å²) in [7, 11) is 0. The molecule has 88 valence electrons. The number of nitrogens with one attached hydrogen (secondary N) is 1. The molecule has 3 nitrogen and oxygen atoms in total. The average molecular weight is 235 g/mol. The molecule has 0 spiro atoms. The van der Waals surface area contributed by atoms with Gasteiger partial charge in [0.1, 0.15) is 17.5 Å². The lowest BCUT2D eigenvalue weighted by Crippen LogP contribution is -2.00. The molecular weight excluding hydrogens is 224 g/mol. The Balaban J connectivity index is 2.34. The van der Waals surface area contributed by atoms with Crippen LogP contribution >= 0.6 is 0 Å². The first-order chi connectivity index (χ1) is 8.06. The van der Waals surface area contributed by atoms with E-state index in [1.165, 1.54) is 6.20 Å². The minimum Gasteiger partial charge on any atom is -0.397 e. The summed E-state index contributed by atoms with van der Waals surface area (Å²) >= 11 is 0. The topological polar surface area (TPSA) is 50.9 Å². The largest absolute Gasteiger partial charge is 0.397 e. The van der Waals surface area contributed by atoms with Crippen molar-refractivity contribution in [2.24, 2.45) is 0 Å². The van der Waals surface area contributed by atoms with Crippen molar-refractivity contribution in [3.05, 3.63) is 47.7 Å². The fourth-order valence-corrected chi connectivity index (χ4v) is 1.45. The molecule has 17 heavy (non-hydrogen) atoms. The van der Waals surface area contributed by atoms with Crippen LogP contribution in [-0.2, 0) is 0 Å². The van der Waals surface area contributed by atoms with E-state index in [4.69, 9.17) is 5.73 Å². The second-order valence-corrected chi connectivity index (χ2v) is 3.68. The number of nitrogens with two attached hydrogens (primary N) is 1. The molecule has 2 rings (SSSR count). The van der Waals surface area contributed by atoms with E-state index in [1.807, 2.05) is 0 Å². The molecule has 0 bridgehead atoms. The lowest BCUT2D eigenvalue weighted by atomic mass is 10.2. The number of pyridine rings is 1. The number of aromatic nitrogens is 1. The molecule has 0 aliphatic carbocycles. The zero-order valence-corrected chi connectivity index (χ0v) is 9.17. The van der Waals surface area contributed by atoms with E-state index in [-0.39, 0.29) is 5.69 Å². The van der Waals surface area contributed by atoms with Gasteiger partial charge in [0.25, 0.3) is 0 Å². The van der Waals surface area contributed by atoms with Gasteiger partial charge in [-0.15, -0.1) is 0 Å². The zero-order valence-electron chi connectivity index (χ0n) is 9.17. The maximum absolute atomic E-state index is 13.4. The summed E-state index contributed by atoms with van der Waals surface area (Å²) in [5.74, 6) is -0.602. The fourth-order valence-electron chi connectivity index (χ4n) is 1.45. The monoisotopic (exact) mass is 235 g/mol. The van der Waals surface area contributed by atoms with Crippen LogP contribution in [0.4, 0.5) is 26.0 Å². The first kappa shape index (κ1) is 11.3. The average Bonchev–Trinajstić information content (AvgIpc) is 2.27. The molecule has 0 saturated heterocycles. The fraction of sp³-hybridized carbons (Fsp3) is 0.0833. The van der Waals surface area contributed by atoms with Gasteiger partial charge in [-0.1, -0.05) is 0 Å². The molecule has 0 unspecified atom stereocenters. The summed E-state index contributed by atoms with van der Waals surface area (Å²) in [6, 6.07) is 4.90. The van der Waals surface area contributed by atoms with Crippen molar-refractivity contribution >= 4 is 17.2 Å². The van der Waals surface area contributed by atoms with Gasteiger partial charge in [-0.25, -0.2) is 13.8 Å². The van der Waals surface area contributed by atoms with E-state index >= 15 is 0 Å². The van der Waals surface area contributed by atoms with Crippen molar-refractivity contribution in [2.75, 3.05) is 11.1 Å². The number of hydrogen-bond donors (Lipinski definition) is 2. The molecule has 1 heterocycles. The lowest BCUT2D eigenvalue weighted by Gasteiger charge is -2.09. The molecule has 2 aromatic rings. The SMILES string of the molecule is Cc1cc(N)cnc1Nc1cc(F)ccc1F. The van der Waals surface area contributed by atoms with Gasteiger partial charge in [0.05, 0.1) is 17.6 Å². The number of aryl methyl sites for hydroxylation is 1. The standard InChI is InChI=1S/C12H11F2N3/c1-7-4-9(15)6-16-12(7)17-11-5-8(13)2-3-10(11)14/h2-6H,15H2,1H3,(H,16,17). The molecule has 0 saturated carbocycles. The Labute approximate surface area is 97.3 Å². The molecule has 1 aromatic heterocycles. The van der Waals surface area contributed by atoms with Crippen molar-refractivity contribution in [2.45, 2.75) is 6.92 Å². The van der Waals surface area contributed by atoms with E-state index in [1.54, 1.807) is 13.0 Å². The van der Waals surface area contributed by atoms with Crippen LogP contribution < -0.4 is 11.1 Å². The first-order valence-corrected chi connectivity index (χ1v) is 5.00. The molecule has 0 aliphatic heterocycles. The van der Waals surface area contributed by atoms with Crippen molar-refractivity contribution in [3.8, 4) is 0 Å². The van der Waals surface area contributed by atoms with Gasteiger partial charge in [-0.3, -0.25) is 0 Å². The molecule has 0 fully saturated rings. The highest BCUT2D eigenvalue weighted by atomic mass is 19.1. The van der Waals surface area contributed by atoms with Crippen molar-refractivity contribution < 1.29 is 8.78 Å². The van der Waals surface area contributed by atoms with Gasteiger partial charge in [0.15, 0.2) is 0 Å². The third kappa shape index (κ3) is 2.50. The predicted octanol–water partition coefficient (Wildman–Crippen LogP) is 2.99. The number of rotatable bonds is 2. The number of nitrogens with zero attached hydrogens (tertiary/aromatic N) is 1. The van der Waals surface area contributed by atoms with Crippen LogP contribution in [0.15, 0.2) is 30.5 Å². The molecule has 1 aromatic carbocycles. The molecular formula is C12H11F2N3. The molecule has 0 amide bonds. The van der Waals surface area contributed by atoms with Crippen LogP contribution in [0.25, 0.3) is 0 Å². The Kier molecular flexibility index (Phi) is 2.91. The number of hydrogen-bond acceptors (Lipinski definition) is 3. The minimum absolute atomic E-state index is 0.0466. The molecule has 3 N–H and O–H groups in total. The Morgan fingerprint density at radius 2 is 2.00 bits per heavy atom. The second-order valence-electron chi connectivity index (χ2n) is 3.68. The maximum atomic E-state index is 13.4. The van der Waals surface area contributed by atoms with Crippen LogP contribution in [0, 0.1) is 18.6 Å². The van der Waals surface area contributed by atoms with Gasteiger partial charge in [0, 0.05) is 6.07 Å². The number of anilines is 3. The molecule has 5 heteroatoms. The van der Waals surface area contributed by atoms with Gasteiger partial charge in [0.2, 0.25) is 0 Å². The van der Waals surface area contributed by atoms with Crippen LogP contribution in [0.2, 0.25) is 0 Å². The van der Waals surface area contributed by atoms with Crippen LogP contribution in [0.1, 0.15) is 5.56 Å². The smallest absolute Gasteiger partial charge is 0.146 e. The molecule has 0 atom stereocenters. The van der Waals surface area contributed by atoms with E-state index in [0.717, 1.165) is 23.8 Å². The zero-order chi connectivity index (χ0) is 12.4. The van der Waals surface area contributed by atoms with Gasteiger partial charge >= 0.3 is 0 Å². The summed E-state index contributed by atoms with van der Waals surface area (Å²) in [6.07, 6.45) is 1.45. The van der Waals surface area contributed by atoms with Crippen LogP contribution in [0.3, 0.4) is 0 Å². The summed E-state index contributed by atoms with van der Waals surface area (Å²) < 4.78 is 26.4. The van der Waals surface area contributed by atoms with Crippen molar-refractivity contribution in [1.29, 1.82) is 0 Å². The Morgan fingerprint density at radius 3 is 2.71 bits per heavy atom. The first-order valence-electron chi connectivity index (χ1n) is 5.00. The van der Waals surface area contributed by atoms with Crippen molar-refractivity contribution in [3.63, 3.8) is 0 Å². The molecule has 0 radical (unpaired) electrons. The normalized spacial score (nSPS) is 10.3. The Hall–Kier alpha value is -2.17. The number of benzene rings is 1. The summed E-state index contributed by atoms with van der Waals surface area (Å²) in [5, 5.41) is 2.73. The van der Waals surface area contributed by atoms with Crippen LogP contribution in [0.5, 0.6) is 0 Å². The third-order valence-corrected chi connectivity index (χ3v) is 2.28.